The van der Waals surface area contributed by atoms with E-state index in [1.807, 2.05) is 12.1 Å². The van der Waals surface area contributed by atoms with Crippen molar-refractivity contribution in [3.8, 4) is 5.75 Å². The molecule has 182 valence electrons. The Balaban J connectivity index is 1.41. The van der Waals surface area contributed by atoms with Gasteiger partial charge in [0.1, 0.15) is 11.3 Å². The summed E-state index contributed by atoms with van der Waals surface area (Å²) < 4.78 is 5.62. The van der Waals surface area contributed by atoms with E-state index in [-0.39, 0.29) is 0 Å². The van der Waals surface area contributed by atoms with Crippen LogP contribution in [0.25, 0.3) is 0 Å². The number of piperazine rings is 1. The van der Waals surface area contributed by atoms with Gasteiger partial charge in [-0.3, -0.25) is 9.69 Å². The fourth-order valence-electron chi connectivity index (χ4n) is 6.79. The van der Waals surface area contributed by atoms with E-state index in [2.05, 4.69) is 64.1 Å². The number of nitrogens with zero attached hydrogens (tertiary/aromatic N) is 3. The van der Waals surface area contributed by atoms with Crippen molar-refractivity contribution >= 4 is 11.6 Å². The van der Waals surface area contributed by atoms with Crippen LogP contribution in [0.3, 0.4) is 0 Å². The molecule has 0 N–H and O–H groups in total. The summed E-state index contributed by atoms with van der Waals surface area (Å²) in [6.07, 6.45) is 6.01. The number of methoxy groups -OCH3 is 1. The molecule has 2 aromatic carbocycles. The highest BCUT2D eigenvalue weighted by Crippen LogP contribution is 2.41. The Bertz CT molecular complexity index is 958. The number of benzene rings is 2. The number of ether oxygens (including phenoxy) is 1. The molecule has 3 aliphatic rings. The standard InChI is InChI=1S/C29H39N3O2/c1-3-29(25-13-5-4-6-14-25,28(33)31-21-23-11-7-8-12-24(23)22-31)32-19-17-30(18-20-32)26-15-9-10-16-27(26)34-2/h4-6,9-10,13-16,23-24H,3,7-8,11-12,17-22H2,1-2H3. The first-order valence-corrected chi connectivity index (χ1v) is 13.1. The lowest BCUT2D eigenvalue weighted by molar-refractivity contribution is -0.145. The Hall–Kier alpha value is -2.53. The van der Waals surface area contributed by atoms with Gasteiger partial charge in [-0.25, -0.2) is 0 Å². The molecular weight excluding hydrogens is 422 g/mol. The highest BCUT2D eigenvalue weighted by molar-refractivity contribution is 5.88. The molecule has 3 unspecified atom stereocenters. The lowest BCUT2D eigenvalue weighted by Crippen LogP contribution is -2.61. The molecule has 34 heavy (non-hydrogen) atoms. The van der Waals surface area contributed by atoms with Gasteiger partial charge in [0.15, 0.2) is 0 Å². The van der Waals surface area contributed by atoms with Crippen LogP contribution in [0.4, 0.5) is 5.69 Å². The number of carbonyl (C=O) groups is 1. The molecule has 2 aromatic rings. The number of anilines is 1. The Labute approximate surface area is 204 Å². The molecule has 5 heteroatoms. The van der Waals surface area contributed by atoms with Gasteiger partial charge in [-0.15, -0.1) is 0 Å². The van der Waals surface area contributed by atoms with Crippen molar-refractivity contribution in [2.45, 2.75) is 44.6 Å². The fraction of sp³-hybridized carbons (Fsp3) is 0.552. The second kappa shape index (κ2) is 9.99. The molecule has 0 aromatic heterocycles. The highest BCUT2D eigenvalue weighted by Gasteiger charge is 2.49. The molecule has 5 rings (SSSR count). The van der Waals surface area contributed by atoms with Crippen molar-refractivity contribution in [3.63, 3.8) is 0 Å². The number of fused-ring (bicyclic) bond motifs is 1. The van der Waals surface area contributed by atoms with Crippen LogP contribution in [0.5, 0.6) is 5.75 Å². The van der Waals surface area contributed by atoms with Crippen LogP contribution in [0.2, 0.25) is 0 Å². The molecule has 5 nitrogen and oxygen atoms in total. The van der Waals surface area contributed by atoms with E-state index in [1.165, 1.54) is 25.7 Å². The van der Waals surface area contributed by atoms with Crippen molar-refractivity contribution < 1.29 is 9.53 Å². The molecule has 2 heterocycles. The molecule has 2 saturated heterocycles. The van der Waals surface area contributed by atoms with Gasteiger partial charge in [0.05, 0.1) is 12.8 Å². The van der Waals surface area contributed by atoms with Gasteiger partial charge in [-0.05, 0) is 48.8 Å². The molecule has 2 aliphatic heterocycles. The molecule has 3 atom stereocenters. The van der Waals surface area contributed by atoms with Crippen LogP contribution in [-0.4, -0.2) is 62.1 Å². The minimum Gasteiger partial charge on any atom is -0.495 e. The lowest BCUT2D eigenvalue weighted by atomic mass is 9.82. The van der Waals surface area contributed by atoms with E-state index in [0.29, 0.717) is 17.7 Å². The van der Waals surface area contributed by atoms with Crippen LogP contribution < -0.4 is 9.64 Å². The van der Waals surface area contributed by atoms with Crippen LogP contribution in [-0.2, 0) is 10.3 Å². The summed E-state index contributed by atoms with van der Waals surface area (Å²) in [7, 11) is 1.74. The van der Waals surface area contributed by atoms with Crippen molar-refractivity contribution in [3.05, 3.63) is 60.2 Å². The van der Waals surface area contributed by atoms with E-state index in [0.717, 1.165) is 62.7 Å². The van der Waals surface area contributed by atoms with Gasteiger partial charge >= 0.3 is 0 Å². The Morgan fingerprint density at radius 1 is 0.912 bits per heavy atom. The van der Waals surface area contributed by atoms with Crippen LogP contribution in [0.15, 0.2) is 54.6 Å². The third kappa shape index (κ3) is 4.08. The summed E-state index contributed by atoms with van der Waals surface area (Å²) in [6.45, 7) is 7.56. The summed E-state index contributed by atoms with van der Waals surface area (Å²) in [5, 5.41) is 0. The molecule has 0 radical (unpaired) electrons. The molecule has 0 bridgehead atoms. The quantitative estimate of drug-likeness (QED) is 0.621. The highest BCUT2D eigenvalue weighted by atomic mass is 16.5. The van der Waals surface area contributed by atoms with Gasteiger partial charge in [0, 0.05) is 39.3 Å². The summed E-state index contributed by atoms with van der Waals surface area (Å²) in [5.74, 6) is 2.63. The van der Waals surface area contributed by atoms with Gasteiger partial charge < -0.3 is 14.5 Å². The Kier molecular flexibility index (Phi) is 6.82. The lowest BCUT2D eigenvalue weighted by Gasteiger charge is -2.48. The van der Waals surface area contributed by atoms with Crippen molar-refractivity contribution in [2.75, 3.05) is 51.3 Å². The van der Waals surface area contributed by atoms with Crippen LogP contribution >= 0.6 is 0 Å². The maximum Gasteiger partial charge on any atom is 0.247 e. The first-order chi connectivity index (χ1) is 16.7. The zero-order valence-electron chi connectivity index (χ0n) is 20.8. The van der Waals surface area contributed by atoms with E-state index in [1.54, 1.807) is 7.11 Å². The number of likely N-dealkylation sites (tertiary alicyclic amines) is 1. The zero-order valence-corrected chi connectivity index (χ0v) is 20.8. The van der Waals surface area contributed by atoms with E-state index in [4.69, 9.17) is 4.74 Å². The van der Waals surface area contributed by atoms with E-state index in [9.17, 15) is 4.79 Å². The fourth-order valence-corrected chi connectivity index (χ4v) is 6.79. The molecular formula is C29H39N3O2. The molecule has 1 amide bonds. The van der Waals surface area contributed by atoms with Crippen molar-refractivity contribution in [1.82, 2.24) is 9.80 Å². The Morgan fingerprint density at radius 2 is 1.53 bits per heavy atom. The maximum atomic E-state index is 14.4. The topological polar surface area (TPSA) is 36.0 Å². The second-order valence-electron chi connectivity index (χ2n) is 10.2. The normalized spacial score (nSPS) is 25.0. The summed E-state index contributed by atoms with van der Waals surface area (Å²) in [6, 6.07) is 18.8. The number of rotatable bonds is 6. The number of amides is 1. The third-order valence-electron chi connectivity index (χ3n) is 8.63. The molecule has 3 fully saturated rings. The summed E-state index contributed by atoms with van der Waals surface area (Å²) in [5.41, 5.74) is 1.69. The van der Waals surface area contributed by atoms with E-state index < -0.39 is 5.54 Å². The maximum absolute atomic E-state index is 14.4. The van der Waals surface area contributed by atoms with Gasteiger partial charge in [0.2, 0.25) is 5.91 Å². The smallest absolute Gasteiger partial charge is 0.247 e. The predicted molar refractivity (Wildman–Crippen MR) is 137 cm³/mol. The first-order valence-electron chi connectivity index (χ1n) is 13.1. The third-order valence-corrected chi connectivity index (χ3v) is 8.63. The predicted octanol–water partition coefficient (Wildman–Crippen LogP) is 4.77. The average molecular weight is 462 g/mol. The number of hydrogen-bond donors (Lipinski definition) is 0. The summed E-state index contributed by atoms with van der Waals surface area (Å²) in [4.78, 5) is 21.5. The molecule has 1 aliphatic carbocycles. The monoisotopic (exact) mass is 461 g/mol. The first kappa shape index (κ1) is 23.2. The SMILES string of the molecule is CCC(C(=O)N1CC2CCCCC2C1)(c1ccccc1)N1CCN(c2ccccc2OC)CC1. The number of para-hydroxylation sites is 2. The van der Waals surface area contributed by atoms with Crippen molar-refractivity contribution in [2.24, 2.45) is 11.8 Å². The van der Waals surface area contributed by atoms with Crippen LogP contribution in [0.1, 0.15) is 44.6 Å². The number of carbonyl (C=O) groups excluding carboxylic acids is 1. The molecule has 1 saturated carbocycles. The van der Waals surface area contributed by atoms with Crippen molar-refractivity contribution in [1.29, 1.82) is 0 Å². The average Bonchev–Trinajstić information content (AvgIpc) is 3.35. The van der Waals surface area contributed by atoms with Gasteiger partial charge in [-0.1, -0.05) is 62.2 Å². The minimum atomic E-state index is -0.596. The number of hydrogen-bond acceptors (Lipinski definition) is 4. The van der Waals surface area contributed by atoms with Gasteiger partial charge in [-0.2, -0.15) is 0 Å². The largest absolute Gasteiger partial charge is 0.495 e. The van der Waals surface area contributed by atoms with E-state index >= 15 is 0 Å². The summed E-state index contributed by atoms with van der Waals surface area (Å²) >= 11 is 0. The molecule has 0 spiro atoms. The second-order valence-corrected chi connectivity index (χ2v) is 10.2. The zero-order chi connectivity index (χ0) is 23.5. The van der Waals surface area contributed by atoms with Gasteiger partial charge in [0.25, 0.3) is 0 Å². The Morgan fingerprint density at radius 3 is 2.15 bits per heavy atom. The minimum absolute atomic E-state index is 0.321. The van der Waals surface area contributed by atoms with Crippen LogP contribution in [0, 0.1) is 11.8 Å².